The summed E-state index contributed by atoms with van der Waals surface area (Å²) in [6, 6.07) is 10.7. The zero-order chi connectivity index (χ0) is 13.6. The quantitative estimate of drug-likeness (QED) is 0.741. The Bertz CT molecular complexity index is 780. The number of nitrogen functional groups attached to an aromatic ring is 1. The average molecular weight is 320 g/mol. The number of halogens is 2. The minimum absolute atomic E-state index is 0.327. The van der Waals surface area contributed by atoms with Crippen molar-refractivity contribution in [2.45, 2.75) is 6.92 Å². The Hall–Kier alpha value is -1.88. The number of aryl methyl sites for hydroxylation is 1. The monoisotopic (exact) mass is 319 g/mol. The van der Waals surface area contributed by atoms with Gasteiger partial charge in [0, 0.05) is 0 Å². The number of hydrogen-bond donors (Lipinski definition) is 1. The minimum Gasteiger partial charge on any atom is -0.369 e. The molecule has 0 atom stereocenters. The Morgan fingerprint density at radius 3 is 2.79 bits per heavy atom. The van der Waals surface area contributed by atoms with E-state index in [1.54, 1.807) is 16.7 Å². The number of hydrogen-bond acceptors (Lipinski definition) is 2. The smallest absolute Gasteiger partial charge is 0.205 e. The van der Waals surface area contributed by atoms with Crippen molar-refractivity contribution in [2.24, 2.45) is 0 Å². The van der Waals surface area contributed by atoms with Crippen LogP contribution in [-0.2, 0) is 0 Å². The molecule has 3 aromatic rings. The van der Waals surface area contributed by atoms with E-state index in [0.29, 0.717) is 16.1 Å². The van der Waals surface area contributed by atoms with E-state index in [9.17, 15) is 4.39 Å². The largest absolute Gasteiger partial charge is 0.369 e. The molecule has 0 saturated carbocycles. The van der Waals surface area contributed by atoms with E-state index in [0.717, 1.165) is 16.6 Å². The number of benzene rings is 2. The molecule has 19 heavy (non-hydrogen) atoms. The Labute approximate surface area is 118 Å². The Morgan fingerprint density at radius 1 is 1.26 bits per heavy atom. The van der Waals surface area contributed by atoms with E-state index < -0.39 is 0 Å². The van der Waals surface area contributed by atoms with Gasteiger partial charge in [-0.15, -0.1) is 0 Å². The fraction of sp³-hybridized carbons (Fsp3) is 0.0714. The fourth-order valence-electron chi connectivity index (χ4n) is 2.15. The van der Waals surface area contributed by atoms with Gasteiger partial charge >= 0.3 is 0 Å². The molecule has 0 aliphatic rings. The number of nitrogens with zero attached hydrogens (tertiary/aromatic N) is 2. The number of imidazole rings is 1. The van der Waals surface area contributed by atoms with Crippen molar-refractivity contribution in [1.82, 2.24) is 9.55 Å². The van der Waals surface area contributed by atoms with Gasteiger partial charge in [-0.3, -0.25) is 4.57 Å². The van der Waals surface area contributed by atoms with Gasteiger partial charge in [0.25, 0.3) is 0 Å². The van der Waals surface area contributed by atoms with Gasteiger partial charge in [-0.05, 0) is 52.7 Å². The molecule has 0 aliphatic heterocycles. The Kier molecular flexibility index (Phi) is 2.78. The number of nitrogens with two attached hydrogens (primary N) is 1. The van der Waals surface area contributed by atoms with Crippen molar-refractivity contribution in [2.75, 3.05) is 5.73 Å². The van der Waals surface area contributed by atoms with Gasteiger partial charge in [0.15, 0.2) is 0 Å². The third-order valence-electron chi connectivity index (χ3n) is 3.07. The summed E-state index contributed by atoms with van der Waals surface area (Å²) >= 11 is 3.14. The third-order valence-corrected chi connectivity index (χ3v) is 3.72. The van der Waals surface area contributed by atoms with Crippen molar-refractivity contribution >= 4 is 32.9 Å². The number of para-hydroxylation sites is 1. The molecule has 0 aliphatic carbocycles. The highest BCUT2D eigenvalue weighted by atomic mass is 79.9. The van der Waals surface area contributed by atoms with Crippen LogP contribution in [0.25, 0.3) is 16.7 Å². The maximum atomic E-state index is 13.7. The highest BCUT2D eigenvalue weighted by Crippen LogP contribution is 2.27. The highest BCUT2D eigenvalue weighted by molar-refractivity contribution is 9.10. The Morgan fingerprint density at radius 2 is 2.05 bits per heavy atom. The lowest BCUT2D eigenvalue weighted by Gasteiger charge is -2.07. The molecule has 0 unspecified atom stereocenters. The molecule has 3 nitrogen and oxygen atoms in total. The zero-order valence-corrected chi connectivity index (χ0v) is 11.8. The van der Waals surface area contributed by atoms with Crippen LogP contribution < -0.4 is 5.73 Å². The van der Waals surface area contributed by atoms with Crippen LogP contribution in [-0.4, -0.2) is 9.55 Å². The molecule has 0 amide bonds. The first-order chi connectivity index (χ1) is 9.08. The van der Waals surface area contributed by atoms with E-state index in [4.69, 9.17) is 5.73 Å². The molecule has 2 N–H and O–H groups in total. The van der Waals surface area contributed by atoms with Crippen LogP contribution in [0.4, 0.5) is 10.3 Å². The molecule has 2 aromatic carbocycles. The van der Waals surface area contributed by atoms with Crippen molar-refractivity contribution < 1.29 is 4.39 Å². The lowest BCUT2D eigenvalue weighted by molar-refractivity contribution is 0.620. The maximum Gasteiger partial charge on any atom is 0.205 e. The zero-order valence-electron chi connectivity index (χ0n) is 10.2. The SMILES string of the molecule is Cc1cccc2c1nc(N)n2-c1ccc(Br)c(F)c1. The van der Waals surface area contributed by atoms with Crippen LogP contribution in [0, 0.1) is 12.7 Å². The van der Waals surface area contributed by atoms with Crippen LogP contribution in [0.3, 0.4) is 0 Å². The van der Waals surface area contributed by atoms with E-state index in [1.165, 1.54) is 6.07 Å². The first kappa shape index (κ1) is 12.2. The van der Waals surface area contributed by atoms with E-state index in [-0.39, 0.29) is 5.82 Å². The second-order valence-electron chi connectivity index (χ2n) is 4.35. The molecule has 0 radical (unpaired) electrons. The van der Waals surface area contributed by atoms with Crippen LogP contribution in [0.5, 0.6) is 0 Å². The molecule has 5 heteroatoms. The van der Waals surface area contributed by atoms with E-state index in [2.05, 4.69) is 20.9 Å². The summed E-state index contributed by atoms with van der Waals surface area (Å²) in [6.45, 7) is 1.97. The van der Waals surface area contributed by atoms with Gasteiger partial charge in [0.2, 0.25) is 5.95 Å². The van der Waals surface area contributed by atoms with Gasteiger partial charge < -0.3 is 5.73 Å². The predicted octanol–water partition coefficient (Wildman–Crippen LogP) is 3.82. The van der Waals surface area contributed by atoms with E-state index >= 15 is 0 Å². The van der Waals surface area contributed by atoms with Crippen molar-refractivity contribution in [3.63, 3.8) is 0 Å². The highest BCUT2D eigenvalue weighted by Gasteiger charge is 2.12. The van der Waals surface area contributed by atoms with Crippen LogP contribution >= 0.6 is 15.9 Å². The minimum atomic E-state index is -0.327. The summed E-state index contributed by atoms with van der Waals surface area (Å²) in [6.07, 6.45) is 0. The maximum absolute atomic E-state index is 13.7. The summed E-state index contributed by atoms with van der Waals surface area (Å²) in [7, 11) is 0. The topological polar surface area (TPSA) is 43.8 Å². The number of anilines is 1. The molecule has 3 rings (SSSR count). The first-order valence-corrected chi connectivity index (χ1v) is 6.56. The lowest BCUT2D eigenvalue weighted by Crippen LogP contribution is -2.01. The van der Waals surface area contributed by atoms with Gasteiger partial charge in [-0.1, -0.05) is 12.1 Å². The summed E-state index contributed by atoms with van der Waals surface area (Å²) in [4.78, 5) is 4.35. The Balaban J connectivity index is 2.33. The van der Waals surface area contributed by atoms with Gasteiger partial charge in [-0.2, -0.15) is 0 Å². The number of fused-ring (bicyclic) bond motifs is 1. The summed E-state index contributed by atoms with van der Waals surface area (Å²) in [5.41, 5.74) is 9.37. The lowest BCUT2D eigenvalue weighted by atomic mass is 10.2. The van der Waals surface area contributed by atoms with Gasteiger partial charge in [0.05, 0.1) is 21.2 Å². The molecule has 0 bridgehead atoms. The third kappa shape index (κ3) is 1.90. The standard InChI is InChI=1S/C14H11BrFN3/c1-8-3-2-4-12-13(8)18-14(17)19(12)9-5-6-10(15)11(16)7-9/h2-7H,1H3,(H2,17,18). The molecule has 96 valence electrons. The normalized spacial score (nSPS) is 11.1. The summed E-state index contributed by atoms with van der Waals surface area (Å²) < 4.78 is 15.8. The summed E-state index contributed by atoms with van der Waals surface area (Å²) in [5.74, 6) is 0.0254. The first-order valence-electron chi connectivity index (χ1n) is 5.77. The average Bonchev–Trinajstić information content (AvgIpc) is 2.71. The molecular formula is C14H11BrFN3. The predicted molar refractivity (Wildman–Crippen MR) is 77.9 cm³/mol. The van der Waals surface area contributed by atoms with Crippen molar-refractivity contribution in [3.8, 4) is 5.69 Å². The van der Waals surface area contributed by atoms with Gasteiger partial charge in [-0.25, -0.2) is 9.37 Å². The number of aromatic nitrogens is 2. The second-order valence-corrected chi connectivity index (χ2v) is 5.20. The number of rotatable bonds is 1. The van der Waals surface area contributed by atoms with Crippen molar-refractivity contribution in [1.29, 1.82) is 0 Å². The van der Waals surface area contributed by atoms with Crippen molar-refractivity contribution in [3.05, 3.63) is 52.3 Å². The van der Waals surface area contributed by atoms with Crippen LogP contribution in [0.2, 0.25) is 0 Å². The summed E-state index contributed by atoms with van der Waals surface area (Å²) in [5, 5.41) is 0. The molecule has 1 heterocycles. The molecule has 0 saturated heterocycles. The van der Waals surface area contributed by atoms with Crippen LogP contribution in [0.1, 0.15) is 5.56 Å². The molecule has 0 fully saturated rings. The molecule has 1 aromatic heterocycles. The molecule has 0 spiro atoms. The van der Waals surface area contributed by atoms with E-state index in [1.807, 2.05) is 25.1 Å². The molecular weight excluding hydrogens is 309 g/mol. The van der Waals surface area contributed by atoms with Gasteiger partial charge in [0.1, 0.15) is 5.82 Å². The second kappa shape index (κ2) is 4.35. The fourth-order valence-corrected chi connectivity index (χ4v) is 2.40. The van der Waals surface area contributed by atoms with Crippen LogP contribution in [0.15, 0.2) is 40.9 Å².